The molecule has 0 bridgehead atoms. The molecule has 2 aromatic carbocycles. The van der Waals surface area contributed by atoms with Crippen molar-refractivity contribution in [2.75, 3.05) is 0 Å². The summed E-state index contributed by atoms with van der Waals surface area (Å²) >= 11 is 0. The second-order valence-corrected chi connectivity index (χ2v) is 5.91. The van der Waals surface area contributed by atoms with Crippen molar-refractivity contribution in [3.63, 3.8) is 0 Å². The second-order valence-electron chi connectivity index (χ2n) is 5.91. The van der Waals surface area contributed by atoms with Gasteiger partial charge in [-0.1, -0.05) is 12.1 Å². The first kappa shape index (κ1) is 11.7. The fourth-order valence-electron chi connectivity index (χ4n) is 3.10. The van der Waals surface area contributed by atoms with Crippen molar-refractivity contribution in [3.05, 3.63) is 65.4 Å². The van der Waals surface area contributed by atoms with E-state index < -0.39 is 18.5 Å². The van der Waals surface area contributed by atoms with Crippen molar-refractivity contribution < 1.29 is 21.9 Å². The third kappa shape index (κ3) is 2.10. The van der Waals surface area contributed by atoms with Crippen LogP contribution in [-0.2, 0) is 7.05 Å². The van der Waals surface area contributed by atoms with E-state index in [0.717, 1.165) is 22.5 Å². The Morgan fingerprint density at radius 2 is 1.83 bits per heavy atom. The van der Waals surface area contributed by atoms with E-state index in [1.807, 2.05) is 19.1 Å². The number of halogens is 2. The van der Waals surface area contributed by atoms with Crippen molar-refractivity contribution >= 4 is 21.9 Å². The molecular formula is C20H16F2NO+. The fraction of sp³-hybridized carbons (Fsp3) is 0.150. The van der Waals surface area contributed by atoms with Crippen molar-refractivity contribution in [3.8, 4) is 11.3 Å². The first-order chi connectivity index (χ1) is 12.7. The zero-order valence-electron chi connectivity index (χ0n) is 16.2. The normalized spacial score (nSPS) is 13.9. The van der Waals surface area contributed by atoms with Crippen LogP contribution in [0, 0.1) is 25.4 Å². The van der Waals surface area contributed by atoms with E-state index in [9.17, 15) is 8.78 Å². The molecule has 0 saturated heterocycles. The highest BCUT2D eigenvalue weighted by molar-refractivity contribution is 6.09. The molecule has 2 heterocycles. The van der Waals surface area contributed by atoms with Gasteiger partial charge in [-0.05, 0) is 37.0 Å². The number of rotatable bonds is 1. The monoisotopic (exact) mass is 327 g/mol. The number of hydrogen-bond acceptors (Lipinski definition) is 1. The standard InChI is InChI=1S/C20H16F2NO/c1-11-4-6-15-14-7-5-13(21)9-18(14)24-20(15)19(11)17-8-12(2)16(22)10-23(17)3/h4-10H,1-3H3/q+1/i2D3. The summed E-state index contributed by atoms with van der Waals surface area (Å²) in [7, 11) is 1.64. The molecule has 0 atom stereocenters. The van der Waals surface area contributed by atoms with Crippen LogP contribution in [0.15, 0.2) is 47.0 Å². The van der Waals surface area contributed by atoms with Gasteiger partial charge in [0.1, 0.15) is 24.0 Å². The molecule has 0 unspecified atom stereocenters. The molecule has 2 aromatic heterocycles. The molecule has 0 N–H and O–H groups in total. The topological polar surface area (TPSA) is 17.0 Å². The summed E-state index contributed by atoms with van der Waals surface area (Å²) < 4.78 is 58.0. The highest BCUT2D eigenvalue weighted by Crippen LogP contribution is 2.37. The summed E-state index contributed by atoms with van der Waals surface area (Å²) in [6.45, 7) is -0.715. The summed E-state index contributed by atoms with van der Waals surface area (Å²) in [6.07, 6.45) is 1.15. The summed E-state index contributed by atoms with van der Waals surface area (Å²) in [5.74, 6) is -1.20. The number of nitrogens with zero attached hydrogens (tertiary/aromatic N) is 1. The maximum absolute atomic E-state index is 14.2. The van der Waals surface area contributed by atoms with E-state index in [2.05, 4.69) is 0 Å². The quantitative estimate of drug-likeness (QED) is 0.451. The van der Waals surface area contributed by atoms with Gasteiger partial charge in [-0.3, -0.25) is 0 Å². The Morgan fingerprint density at radius 3 is 2.62 bits per heavy atom. The number of aromatic nitrogens is 1. The Labute approximate surface area is 142 Å². The maximum atomic E-state index is 14.2. The van der Waals surface area contributed by atoms with Gasteiger partial charge in [-0.2, -0.15) is 4.57 Å². The highest BCUT2D eigenvalue weighted by atomic mass is 19.1. The predicted molar refractivity (Wildman–Crippen MR) is 89.7 cm³/mol. The molecule has 0 radical (unpaired) electrons. The molecule has 0 aliphatic carbocycles. The van der Waals surface area contributed by atoms with Crippen LogP contribution in [0.4, 0.5) is 8.78 Å². The lowest BCUT2D eigenvalue weighted by Crippen LogP contribution is -2.31. The highest BCUT2D eigenvalue weighted by Gasteiger charge is 2.22. The largest absolute Gasteiger partial charge is 0.455 e. The van der Waals surface area contributed by atoms with E-state index in [1.165, 1.54) is 22.8 Å². The van der Waals surface area contributed by atoms with Gasteiger partial charge in [-0.15, -0.1) is 0 Å². The summed E-state index contributed by atoms with van der Waals surface area (Å²) in [4.78, 5) is 0. The molecule has 4 aromatic rings. The van der Waals surface area contributed by atoms with Crippen molar-refractivity contribution in [2.24, 2.45) is 7.05 Å². The zero-order chi connectivity index (χ0) is 19.5. The maximum Gasteiger partial charge on any atom is 0.216 e. The van der Waals surface area contributed by atoms with Gasteiger partial charge < -0.3 is 4.42 Å². The first-order valence-electron chi connectivity index (χ1n) is 8.98. The van der Waals surface area contributed by atoms with Crippen LogP contribution in [0.5, 0.6) is 0 Å². The van der Waals surface area contributed by atoms with Crippen LogP contribution in [0.1, 0.15) is 15.2 Å². The summed E-state index contributed by atoms with van der Waals surface area (Å²) in [5, 5.41) is 1.54. The van der Waals surface area contributed by atoms with Gasteiger partial charge in [0, 0.05) is 27.0 Å². The Hall–Kier alpha value is -2.75. The van der Waals surface area contributed by atoms with Crippen LogP contribution < -0.4 is 4.57 Å². The Balaban J connectivity index is 2.10. The molecule has 4 rings (SSSR count). The van der Waals surface area contributed by atoms with Gasteiger partial charge in [0.15, 0.2) is 5.82 Å². The van der Waals surface area contributed by atoms with E-state index in [4.69, 9.17) is 8.53 Å². The Morgan fingerprint density at radius 1 is 1.04 bits per heavy atom. The second kappa shape index (κ2) is 5.13. The van der Waals surface area contributed by atoms with E-state index in [0.29, 0.717) is 22.4 Å². The van der Waals surface area contributed by atoms with Crippen molar-refractivity contribution in [2.45, 2.75) is 13.8 Å². The lowest BCUT2D eigenvalue weighted by Gasteiger charge is -2.06. The predicted octanol–water partition coefficient (Wildman–Crippen LogP) is 4.97. The van der Waals surface area contributed by atoms with Crippen molar-refractivity contribution in [1.82, 2.24) is 0 Å². The average molecular weight is 327 g/mol. The van der Waals surface area contributed by atoms with Crippen LogP contribution in [0.2, 0.25) is 0 Å². The molecule has 0 aliphatic heterocycles. The smallest absolute Gasteiger partial charge is 0.216 e. The van der Waals surface area contributed by atoms with Gasteiger partial charge in [0.25, 0.3) is 0 Å². The summed E-state index contributed by atoms with van der Waals surface area (Å²) in [6, 6.07) is 9.42. The number of aryl methyl sites for hydroxylation is 3. The Kier molecular flexibility index (Phi) is 2.51. The van der Waals surface area contributed by atoms with E-state index in [-0.39, 0.29) is 5.56 Å². The van der Waals surface area contributed by atoms with Gasteiger partial charge in [0.2, 0.25) is 11.9 Å². The first-order valence-corrected chi connectivity index (χ1v) is 7.48. The van der Waals surface area contributed by atoms with Gasteiger partial charge >= 0.3 is 0 Å². The molecule has 0 saturated carbocycles. The van der Waals surface area contributed by atoms with Gasteiger partial charge in [-0.25, -0.2) is 8.78 Å². The number of furan rings is 1. The van der Waals surface area contributed by atoms with Gasteiger partial charge in [0.05, 0.1) is 5.56 Å². The molecule has 24 heavy (non-hydrogen) atoms. The SMILES string of the molecule is [2H]C([2H])([2H])c1cc(-c2c(C)ccc3c2oc2cc(F)ccc23)[n+](C)cc1F. The molecule has 0 amide bonds. The Bertz CT molecular complexity index is 1210. The molecule has 0 fully saturated rings. The van der Waals surface area contributed by atoms with Crippen LogP contribution in [0.3, 0.4) is 0 Å². The van der Waals surface area contributed by atoms with Crippen LogP contribution in [-0.4, -0.2) is 0 Å². The molecule has 2 nitrogen and oxygen atoms in total. The molecule has 120 valence electrons. The van der Waals surface area contributed by atoms with Crippen LogP contribution >= 0.6 is 0 Å². The lowest BCUT2D eigenvalue weighted by atomic mass is 10.00. The molecular weight excluding hydrogens is 308 g/mol. The number of fused-ring (bicyclic) bond motifs is 3. The van der Waals surface area contributed by atoms with Crippen LogP contribution in [0.25, 0.3) is 33.2 Å². The number of pyridine rings is 1. The number of benzene rings is 2. The average Bonchev–Trinajstić information content (AvgIpc) is 2.92. The molecule has 0 aliphatic rings. The van der Waals surface area contributed by atoms with Crippen molar-refractivity contribution in [1.29, 1.82) is 0 Å². The molecule has 0 spiro atoms. The third-order valence-electron chi connectivity index (χ3n) is 4.29. The lowest BCUT2D eigenvalue weighted by molar-refractivity contribution is -0.662. The third-order valence-corrected chi connectivity index (χ3v) is 4.29. The summed E-state index contributed by atoms with van der Waals surface area (Å²) in [5.41, 5.74) is 2.55. The minimum atomic E-state index is -2.58. The minimum Gasteiger partial charge on any atom is -0.455 e. The van der Waals surface area contributed by atoms with E-state index >= 15 is 0 Å². The number of hydrogen-bond donors (Lipinski definition) is 0. The zero-order valence-corrected chi connectivity index (χ0v) is 13.2. The van der Waals surface area contributed by atoms with E-state index in [1.54, 1.807) is 13.1 Å². The fourth-order valence-corrected chi connectivity index (χ4v) is 3.10. The minimum absolute atomic E-state index is 0.353. The molecule has 4 heteroatoms.